The zero-order valence-corrected chi connectivity index (χ0v) is 16.7. The molecule has 0 saturated carbocycles. The molecule has 1 N–H and O–H groups in total. The molecule has 0 saturated heterocycles. The number of carbonyl (C=O) groups is 1. The largest absolute Gasteiger partial charge is 0.416 e. The predicted octanol–water partition coefficient (Wildman–Crippen LogP) is 5.44. The normalized spacial score (nSPS) is 11.6. The molecule has 1 heterocycles. The summed E-state index contributed by atoms with van der Waals surface area (Å²) < 4.78 is 40.4. The van der Waals surface area contributed by atoms with Gasteiger partial charge in [0.25, 0.3) is 5.91 Å². The summed E-state index contributed by atoms with van der Waals surface area (Å²) in [5.41, 5.74) is 4.15. The van der Waals surface area contributed by atoms with Gasteiger partial charge in [-0.05, 0) is 57.0 Å². The summed E-state index contributed by atoms with van der Waals surface area (Å²) in [6, 6.07) is 10.7. The zero-order valence-electron chi connectivity index (χ0n) is 16.7. The van der Waals surface area contributed by atoms with Crippen molar-refractivity contribution < 1.29 is 18.0 Å². The first kappa shape index (κ1) is 20.6. The third kappa shape index (κ3) is 4.50. The lowest BCUT2D eigenvalue weighted by molar-refractivity contribution is -0.137. The Bertz CT molecular complexity index is 1070. The summed E-state index contributed by atoms with van der Waals surface area (Å²) in [6.07, 6.45) is -4.39. The van der Waals surface area contributed by atoms with Crippen LogP contribution in [0.2, 0.25) is 0 Å². The van der Waals surface area contributed by atoms with Gasteiger partial charge in [0.1, 0.15) is 0 Å². The van der Waals surface area contributed by atoms with Crippen molar-refractivity contribution in [2.75, 3.05) is 5.32 Å². The number of anilines is 1. The molecule has 1 aromatic heterocycles. The van der Waals surface area contributed by atoms with E-state index in [0.717, 1.165) is 23.3 Å². The molecular weight excluding hydrogens is 379 g/mol. The predicted molar refractivity (Wildman–Crippen MR) is 106 cm³/mol. The maximum absolute atomic E-state index is 12.9. The molecule has 3 rings (SSSR count). The average molecular weight is 401 g/mol. The SMILES string of the molecule is Cc1ccc(C(=O)Nc2c(C)nn(Cc3cccc(C(F)(F)F)c3)c2C)c(C)c1. The number of benzene rings is 2. The summed E-state index contributed by atoms with van der Waals surface area (Å²) >= 11 is 0. The average Bonchev–Trinajstić information content (AvgIpc) is 2.88. The molecule has 0 atom stereocenters. The Balaban J connectivity index is 1.84. The molecule has 3 aromatic rings. The highest BCUT2D eigenvalue weighted by atomic mass is 19.4. The topological polar surface area (TPSA) is 46.9 Å². The van der Waals surface area contributed by atoms with E-state index in [9.17, 15) is 18.0 Å². The van der Waals surface area contributed by atoms with Crippen LogP contribution in [0.15, 0.2) is 42.5 Å². The fourth-order valence-electron chi connectivity index (χ4n) is 3.30. The summed E-state index contributed by atoms with van der Waals surface area (Å²) in [5, 5.41) is 7.30. The van der Waals surface area contributed by atoms with E-state index in [1.165, 1.54) is 6.07 Å². The smallest absolute Gasteiger partial charge is 0.319 e. The molecule has 0 aliphatic rings. The number of hydrogen-bond donors (Lipinski definition) is 1. The number of nitrogens with one attached hydrogen (secondary N) is 1. The number of hydrogen-bond acceptors (Lipinski definition) is 2. The molecule has 0 fully saturated rings. The van der Waals surface area contributed by atoms with Gasteiger partial charge >= 0.3 is 6.18 Å². The molecule has 0 unspecified atom stereocenters. The van der Waals surface area contributed by atoms with Gasteiger partial charge in [0, 0.05) is 5.56 Å². The van der Waals surface area contributed by atoms with Crippen LogP contribution in [0.25, 0.3) is 0 Å². The van der Waals surface area contributed by atoms with Gasteiger partial charge < -0.3 is 5.32 Å². The summed E-state index contributed by atoms with van der Waals surface area (Å²) in [7, 11) is 0. The molecule has 29 heavy (non-hydrogen) atoms. The van der Waals surface area contributed by atoms with Gasteiger partial charge in [0.15, 0.2) is 0 Å². The van der Waals surface area contributed by atoms with Crippen LogP contribution >= 0.6 is 0 Å². The highest BCUT2D eigenvalue weighted by molar-refractivity contribution is 6.05. The van der Waals surface area contributed by atoms with Crippen LogP contribution in [0, 0.1) is 27.7 Å². The van der Waals surface area contributed by atoms with Crippen LogP contribution in [0.3, 0.4) is 0 Å². The third-order valence-electron chi connectivity index (χ3n) is 4.83. The molecule has 4 nitrogen and oxygen atoms in total. The second kappa shape index (κ2) is 7.73. The van der Waals surface area contributed by atoms with Crippen molar-refractivity contribution >= 4 is 11.6 Å². The van der Waals surface area contributed by atoms with Crippen molar-refractivity contribution in [3.8, 4) is 0 Å². The Hall–Kier alpha value is -3.09. The third-order valence-corrected chi connectivity index (χ3v) is 4.83. The van der Waals surface area contributed by atoms with E-state index in [4.69, 9.17) is 0 Å². The Morgan fingerprint density at radius 3 is 2.45 bits per heavy atom. The standard InChI is InChI=1S/C22H22F3N3O/c1-13-8-9-19(14(2)10-13)21(29)26-20-15(3)27-28(16(20)4)12-17-6-5-7-18(11-17)22(23,24)25/h5-11H,12H2,1-4H3,(H,26,29). The molecule has 0 radical (unpaired) electrons. The highest BCUT2D eigenvalue weighted by Crippen LogP contribution is 2.30. The Morgan fingerprint density at radius 1 is 1.07 bits per heavy atom. The monoisotopic (exact) mass is 401 g/mol. The highest BCUT2D eigenvalue weighted by Gasteiger charge is 2.30. The van der Waals surface area contributed by atoms with E-state index in [1.807, 2.05) is 26.0 Å². The van der Waals surface area contributed by atoms with E-state index >= 15 is 0 Å². The first-order valence-electron chi connectivity index (χ1n) is 9.15. The molecule has 0 bridgehead atoms. The minimum Gasteiger partial charge on any atom is -0.319 e. The second-order valence-electron chi connectivity index (χ2n) is 7.17. The fraction of sp³-hybridized carbons (Fsp3) is 0.273. The van der Waals surface area contributed by atoms with E-state index < -0.39 is 11.7 Å². The van der Waals surface area contributed by atoms with Gasteiger partial charge in [-0.15, -0.1) is 0 Å². The molecule has 1 amide bonds. The van der Waals surface area contributed by atoms with Crippen LogP contribution in [-0.2, 0) is 12.7 Å². The van der Waals surface area contributed by atoms with Gasteiger partial charge in [-0.25, -0.2) is 0 Å². The number of alkyl halides is 3. The van der Waals surface area contributed by atoms with Crippen LogP contribution in [0.4, 0.5) is 18.9 Å². The number of amides is 1. The van der Waals surface area contributed by atoms with Gasteiger partial charge in [-0.1, -0.05) is 29.8 Å². The Morgan fingerprint density at radius 2 is 1.79 bits per heavy atom. The summed E-state index contributed by atoms with van der Waals surface area (Å²) in [4.78, 5) is 12.7. The molecular formula is C22H22F3N3O. The molecule has 0 aliphatic carbocycles. The van der Waals surface area contributed by atoms with E-state index in [2.05, 4.69) is 10.4 Å². The van der Waals surface area contributed by atoms with Crippen LogP contribution in [0.5, 0.6) is 0 Å². The Kier molecular flexibility index (Phi) is 5.50. The van der Waals surface area contributed by atoms with Crippen molar-refractivity contribution in [2.24, 2.45) is 0 Å². The quantitative estimate of drug-likeness (QED) is 0.633. The van der Waals surface area contributed by atoms with Gasteiger partial charge in [-0.3, -0.25) is 9.48 Å². The van der Waals surface area contributed by atoms with Gasteiger partial charge in [0.2, 0.25) is 0 Å². The summed E-state index contributed by atoms with van der Waals surface area (Å²) in [5.74, 6) is -0.243. The van der Waals surface area contributed by atoms with Gasteiger partial charge in [-0.2, -0.15) is 18.3 Å². The number of halogens is 3. The first-order chi connectivity index (χ1) is 13.6. The number of rotatable bonds is 4. The number of aromatic nitrogens is 2. The van der Waals surface area contributed by atoms with Gasteiger partial charge in [0.05, 0.1) is 29.2 Å². The van der Waals surface area contributed by atoms with E-state index in [1.54, 1.807) is 30.7 Å². The lowest BCUT2D eigenvalue weighted by Crippen LogP contribution is -2.15. The van der Waals surface area contributed by atoms with Crippen molar-refractivity contribution in [3.05, 3.63) is 81.7 Å². The van der Waals surface area contributed by atoms with Crippen LogP contribution in [0.1, 0.15) is 44.0 Å². The van der Waals surface area contributed by atoms with Crippen LogP contribution < -0.4 is 5.32 Å². The fourth-order valence-corrected chi connectivity index (χ4v) is 3.30. The maximum Gasteiger partial charge on any atom is 0.416 e. The molecule has 2 aromatic carbocycles. The number of aryl methyl sites for hydroxylation is 3. The number of carbonyl (C=O) groups excluding carboxylic acids is 1. The van der Waals surface area contributed by atoms with E-state index in [-0.39, 0.29) is 12.5 Å². The van der Waals surface area contributed by atoms with E-state index in [0.29, 0.717) is 28.2 Å². The second-order valence-corrected chi connectivity index (χ2v) is 7.17. The van der Waals surface area contributed by atoms with Crippen molar-refractivity contribution in [2.45, 2.75) is 40.4 Å². The molecule has 0 aliphatic heterocycles. The lowest BCUT2D eigenvalue weighted by atomic mass is 10.1. The van der Waals surface area contributed by atoms with Crippen molar-refractivity contribution in [1.29, 1.82) is 0 Å². The van der Waals surface area contributed by atoms with Crippen molar-refractivity contribution in [3.63, 3.8) is 0 Å². The molecule has 7 heteroatoms. The Labute approximate surface area is 167 Å². The molecule has 152 valence electrons. The summed E-state index contributed by atoms with van der Waals surface area (Å²) in [6.45, 7) is 7.55. The maximum atomic E-state index is 12.9. The molecule has 0 spiro atoms. The van der Waals surface area contributed by atoms with Crippen LogP contribution in [-0.4, -0.2) is 15.7 Å². The minimum absolute atomic E-state index is 0.177. The first-order valence-corrected chi connectivity index (χ1v) is 9.15. The number of nitrogens with zero attached hydrogens (tertiary/aromatic N) is 2. The zero-order chi connectivity index (χ0) is 21.3. The lowest BCUT2D eigenvalue weighted by Gasteiger charge is -2.11. The minimum atomic E-state index is -4.39. The van der Waals surface area contributed by atoms with Crippen molar-refractivity contribution in [1.82, 2.24) is 9.78 Å².